The van der Waals surface area contributed by atoms with Crippen molar-refractivity contribution in [3.05, 3.63) is 70.7 Å². The number of amides is 1. The topological polar surface area (TPSA) is 52.6 Å². The van der Waals surface area contributed by atoms with Crippen molar-refractivity contribution in [1.29, 1.82) is 0 Å². The Morgan fingerprint density at radius 2 is 1.85 bits per heavy atom. The fourth-order valence-electron chi connectivity index (χ4n) is 3.51. The van der Waals surface area contributed by atoms with Crippen molar-refractivity contribution in [1.82, 2.24) is 10.2 Å². The molecule has 0 spiro atoms. The molecule has 2 aromatic rings. The van der Waals surface area contributed by atoms with Crippen LogP contribution in [0.3, 0.4) is 0 Å². The van der Waals surface area contributed by atoms with Crippen LogP contribution in [-0.2, 0) is 4.79 Å². The highest BCUT2D eigenvalue weighted by Crippen LogP contribution is 2.24. The summed E-state index contributed by atoms with van der Waals surface area (Å²) in [5.74, 6) is 0.269. The zero-order chi connectivity index (χ0) is 18.4. The lowest BCUT2D eigenvalue weighted by Crippen LogP contribution is -2.44. The maximum atomic E-state index is 12.7. The van der Waals surface area contributed by atoms with E-state index in [-0.39, 0.29) is 24.5 Å². The lowest BCUT2D eigenvalue weighted by molar-refractivity contribution is -0.123. The highest BCUT2D eigenvalue weighted by atomic mass is 35.5. The molecule has 0 aliphatic carbocycles. The largest absolute Gasteiger partial charge is 0.396 e. The van der Waals surface area contributed by atoms with Gasteiger partial charge in [-0.25, -0.2) is 0 Å². The Kier molecular flexibility index (Phi) is 6.67. The fraction of sp³-hybridized carbons (Fsp3) is 0.381. The molecule has 138 valence electrons. The summed E-state index contributed by atoms with van der Waals surface area (Å²) in [4.78, 5) is 14.8. The van der Waals surface area contributed by atoms with Crippen LogP contribution in [0, 0.1) is 5.92 Å². The summed E-state index contributed by atoms with van der Waals surface area (Å²) >= 11 is 6.01. The number of aliphatic hydroxyl groups is 1. The SMILES string of the molecule is O=C(CN1CCC[C@@H](CO)C1)N[C@@H](c1ccccc1)c1ccc(Cl)cc1. The van der Waals surface area contributed by atoms with Gasteiger partial charge in [-0.2, -0.15) is 0 Å². The molecule has 0 saturated carbocycles. The predicted molar refractivity (Wildman–Crippen MR) is 104 cm³/mol. The van der Waals surface area contributed by atoms with Gasteiger partial charge in [-0.05, 0) is 48.6 Å². The molecule has 0 radical (unpaired) electrons. The van der Waals surface area contributed by atoms with Crippen LogP contribution in [0.2, 0.25) is 5.02 Å². The van der Waals surface area contributed by atoms with Crippen molar-refractivity contribution in [2.45, 2.75) is 18.9 Å². The Morgan fingerprint density at radius 3 is 2.54 bits per heavy atom. The van der Waals surface area contributed by atoms with E-state index in [2.05, 4.69) is 10.2 Å². The average molecular weight is 373 g/mol. The van der Waals surface area contributed by atoms with E-state index >= 15 is 0 Å². The van der Waals surface area contributed by atoms with Gasteiger partial charge in [-0.3, -0.25) is 9.69 Å². The third kappa shape index (κ3) is 5.07. The van der Waals surface area contributed by atoms with Crippen LogP contribution in [0.4, 0.5) is 0 Å². The molecule has 5 heteroatoms. The zero-order valence-electron chi connectivity index (χ0n) is 14.8. The third-order valence-electron chi connectivity index (χ3n) is 4.87. The standard InChI is InChI=1S/C21H25ClN2O2/c22-19-10-8-18(9-11-19)21(17-6-2-1-3-7-17)23-20(26)14-24-12-4-5-16(13-24)15-25/h1-3,6-11,16,21,25H,4-5,12-15H2,(H,23,26)/t16-,21+/m1/s1. The van der Waals surface area contributed by atoms with Crippen molar-refractivity contribution >= 4 is 17.5 Å². The summed E-state index contributed by atoms with van der Waals surface area (Å²) in [5, 5.41) is 13.2. The minimum absolute atomic E-state index is 0.00704. The molecule has 2 aromatic carbocycles. The Bertz CT molecular complexity index is 706. The number of hydrogen-bond acceptors (Lipinski definition) is 3. The van der Waals surface area contributed by atoms with Gasteiger partial charge >= 0.3 is 0 Å². The number of rotatable bonds is 6. The van der Waals surface area contributed by atoms with Gasteiger partial charge in [-0.15, -0.1) is 0 Å². The predicted octanol–water partition coefficient (Wildman–Crippen LogP) is 3.25. The molecule has 4 nitrogen and oxygen atoms in total. The maximum Gasteiger partial charge on any atom is 0.234 e. The molecule has 1 saturated heterocycles. The normalized spacial score (nSPS) is 19.1. The first-order valence-corrected chi connectivity index (χ1v) is 9.46. The average Bonchev–Trinajstić information content (AvgIpc) is 2.68. The van der Waals surface area contributed by atoms with Gasteiger partial charge in [0, 0.05) is 18.2 Å². The van der Waals surface area contributed by atoms with E-state index in [4.69, 9.17) is 11.6 Å². The van der Waals surface area contributed by atoms with Gasteiger partial charge in [0.1, 0.15) is 0 Å². The fourth-order valence-corrected chi connectivity index (χ4v) is 3.64. The molecule has 1 fully saturated rings. The second-order valence-corrected chi connectivity index (χ2v) is 7.33. The summed E-state index contributed by atoms with van der Waals surface area (Å²) in [6.07, 6.45) is 2.06. The minimum Gasteiger partial charge on any atom is -0.396 e. The first-order chi connectivity index (χ1) is 12.7. The molecule has 0 unspecified atom stereocenters. The van der Waals surface area contributed by atoms with Crippen molar-refractivity contribution in [3.8, 4) is 0 Å². The number of likely N-dealkylation sites (tertiary alicyclic amines) is 1. The highest BCUT2D eigenvalue weighted by Gasteiger charge is 2.23. The van der Waals surface area contributed by atoms with Gasteiger partial charge in [0.15, 0.2) is 0 Å². The molecule has 26 heavy (non-hydrogen) atoms. The lowest BCUT2D eigenvalue weighted by atomic mass is 9.98. The van der Waals surface area contributed by atoms with E-state index in [1.807, 2.05) is 54.6 Å². The van der Waals surface area contributed by atoms with E-state index in [0.29, 0.717) is 11.6 Å². The van der Waals surface area contributed by atoms with Crippen molar-refractivity contribution < 1.29 is 9.90 Å². The van der Waals surface area contributed by atoms with Gasteiger partial charge in [0.2, 0.25) is 5.91 Å². The van der Waals surface area contributed by atoms with Crippen LogP contribution in [0.25, 0.3) is 0 Å². The molecule has 1 amide bonds. The number of nitrogens with zero attached hydrogens (tertiary/aromatic N) is 1. The number of halogens is 1. The molecule has 3 rings (SSSR count). The number of benzene rings is 2. The molecule has 1 aliphatic heterocycles. The van der Waals surface area contributed by atoms with Gasteiger partial charge in [-0.1, -0.05) is 54.1 Å². The maximum absolute atomic E-state index is 12.7. The quantitative estimate of drug-likeness (QED) is 0.818. The molecule has 0 aromatic heterocycles. The van der Waals surface area contributed by atoms with Crippen LogP contribution < -0.4 is 5.32 Å². The van der Waals surface area contributed by atoms with Crippen LogP contribution in [0.5, 0.6) is 0 Å². The Hall–Kier alpha value is -1.88. The monoisotopic (exact) mass is 372 g/mol. The van der Waals surface area contributed by atoms with E-state index < -0.39 is 0 Å². The molecule has 1 heterocycles. The van der Waals surface area contributed by atoms with E-state index in [1.165, 1.54) is 0 Å². The number of nitrogens with one attached hydrogen (secondary N) is 1. The summed E-state index contributed by atoms with van der Waals surface area (Å²) in [7, 11) is 0. The van der Waals surface area contributed by atoms with Crippen molar-refractivity contribution in [2.75, 3.05) is 26.2 Å². The number of carbonyl (C=O) groups is 1. The van der Waals surface area contributed by atoms with Crippen molar-refractivity contribution in [2.24, 2.45) is 5.92 Å². The summed E-state index contributed by atoms with van der Waals surface area (Å²) in [5.41, 5.74) is 2.04. The van der Waals surface area contributed by atoms with Crippen LogP contribution in [0.1, 0.15) is 30.0 Å². The van der Waals surface area contributed by atoms with E-state index in [9.17, 15) is 9.90 Å². The molecule has 2 atom stereocenters. The molecule has 0 bridgehead atoms. The smallest absolute Gasteiger partial charge is 0.234 e. The van der Waals surface area contributed by atoms with Gasteiger partial charge in [0.25, 0.3) is 0 Å². The summed E-state index contributed by atoms with van der Waals surface area (Å²) < 4.78 is 0. The van der Waals surface area contributed by atoms with Crippen molar-refractivity contribution in [3.63, 3.8) is 0 Å². The molecular weight excluding hydrogens is 348 g/mol. The zero-order valence-corrected chi connectivity index (χ0v) is 15.5. The number of aliphatic hydroxyl groups excluding tert-OH is 1. The number of piperidine rings is 1. The first-order valence-electron chi connectivity index (χ1n) is 9.08. The van der Waals surface area contributed by atoms with Gasteiger partial charge < -0.3 is 10.4 Å². The van der Waals surface area contributed by atoms with Crippen LogP contribution >= 0.6 is 11.6 Å². The Labute approximate surface area is 159 Å². The van der Waals surface area contributed by atoms with Gasteiger partial charge in [0.05, 0.1) is 12.6 Å². The van der Waals surface area contributed by atoms with E-state index in [1.54, 1.807) is 0 Å². The summed E-state index contributed by atoms with van der Waals surface area (Å²) in [6, 6.07) is 17.3. The van der Waals surface area contributed by atoms with Crippen LogP contribution in [0.15, 0.2) is 54.6 Å². The second kappa shape index (κ2) is 9.17. The molecule has 2 N–H and O–H groups in total. The lowest BCUT2D eigenvalue weighted by Gasteiger charge is -2.31. The third-order valence-corrected chi connectivity index (χ3v) is 5.12. The Morgan fingerprint density at radius 1 is 1.15 bits per heavy atom. The first kappa shape index (κ1) is 18.9. The molecule has 1 aliphatic rings. The molecular formula is C21H25ClN2O2. The van der Waals surface area contributed by atoms with E-state index in [0.717, 1.165) is 37.1 Å². The second-order valence-electron chi connectivity index (χ2n) is 6.89. The van der Waals surface area contributed by atoms with Crippen LogP contribution in [-0.4, -0.2) is 42.2 Å². The summed E-state index contributed by atoms with van der Waals surface area (Å²) in [6.45, 7) is 2.23. The minimum atomic E-state index is -0.209. The Balaban J connectivity index is 1.71. The highest BCUT2D eigenvalue weighted by molar-refractivity contribution is 6.30. The number of hydrogen-bond donors (Lipinski definition) is 2. The number of carbonyl (C=O) groups excluding carboxylic acids is 1.